The fraction of sp³-hybridized carbons (Fsp3) is 0.643. The van der Waals surface area contributed by atoms with Gasteiger partial charge in [-0.25, -0.2) is 8.42 Å². The fourth-order valence-corrected chi connectivity index (χ4v) is 3.48. The topological polar surface area (TPSA) is 68.2 Å². The molecule has 1 fully saturated rings. The Labute approximate surface area is 130 Å². The van der Waals surface area contributed by atoms with E-state index in [0.717, 1.165) is 12.8 Å². The zero-order chi connectivity index (χ0) is 15.6. The summed E-state index contributed by atoms with van der Waals surface area (Å²) in [6.07, 6.45) is 6.14. The number of aromatic nitrogens is 1. The molecule has 0 saturated heterocycles. The second-order valence-electron chi connectivity index (χ2n) is 5.86. The third kappa shape index (κ3) is 4.01. The third-order valence-electron chi connectivity index (χ3n) is 3.92. The average molecular weight is 333 g/mol. The van der Waals surface area contributed by atoms with Crippen LogP contribution in [-0.4, -0.2) is 25.4 Å². The van der Waals surface area contributed by atoms with Crippen molar-refractivity contribution in [2.45, 2.75) is 50.5 Å². The van der Waals surface area contributed by atoms with Crippen molar-refractivity contribution >= 4 is 25.6 Å². The molecule has 1 aromatic heterocycles. The largest absolute Gasteiger partial charge is 0.350 e. The van der Waals surface area contributed by atoms with Gasteiger partial charge in [-0.1, -0.05) is 12.8 Å². The second kappa shape index (κ2) is 6.40. The maximum atomic E-state index is 12.3. The van der Waals surface area contributed by atoms with Crippen LogP contribution in [0.4, 0.5) is 0 Å². The second-order valence-corrected chi connectivity index (χ2v) is 8.43. The van der Waals surface area contributed by atoms with Crippen LogP contribution in [0.25, 0.3) is 0 Å². The fourth-order valence-electron chi connectivity index (χ4n) is 2.74. The maximum Gasteiger partial charge on any atom is 0.267 e. The number of hydrogen-bond acceptors (Lipinski definition) is 3. The van der Waals surface area contributed by atoms with Gasteiger partial charge in [-0.2, -0.15) is 0 Å². The van der Waals surface area contributed by atoms with Gasteiger partial charge in [0, 0.05) is 29.5 Å². The summed E-state index contributed by atoms with van der Waals surface area (Å²) in [7, 11) is 1.53. The van der Waals surface area contributed by atoms with Crippen LogP contribution >= 0.6 is 10.7 Å². The van der Waals surface area contributed by atoms with Crippen molar-refractivity contribution in [1.82, 2.24) is 9.88 Å². The zero-order valence-corrected chi connectivity index (χ0v) is 13.9. The van der Waals surface area contributed by atoms with Crippen LogP contribution in [0, 0.1) is 5.92 Å². The van der Waals surface area contributed by atoms with Gasteiger partial charge in [0.05, 0.1) is 0 Å². The molecule has 118 valence electrons. The van der Waals surface area contributed by atoms with Crippen molar-refractivity contribution in [2.75, 3.05) is 6.54 Å². The molecule has 1 aliphatic carbocycles. The molecule has 0 radical (unpaired) electrons. The number of carbonyl (C=O) groups is 1. The van der Waals surface area contributed by atoms with Crippen molar-refractivity contribution in [3.63, 3.8) is 0 Å². The van der Waals surface area contributed by atoms with Crippen molar-refractivity contribution in [3.05, 3.63) is 18.0 Å². The molecule has 0 spiro atoms. The van der Waals surface area contributed by atoms with Gasteiger partial charge in [-0.15, -0.1) is 0 Å². The summed E-state index contributed by atoms with van der Waals surface area (Å²) < 4.78 is 24.5. The molecule has 0 aliphatic heterocycles. The summed E-state index contributed by atoms with van der Waals surface area (Å²) in [5.74, 6) is 0.287. The Bertz CT molecular complexity index is 616. The highest BCUT2D eigenvalue weighted by Gasteiger charge is 2.22. The number of amides is 1. The lowest BCUT2D eigenvalue weighted by atomic mass is 10.1. The Morgan fingerprint density at radius 2 is 2.05 bits per heavy atom. The number of carbonyl (C=O) groups excluding carboxylic acids is 1. The number of nitrogens with one attached hydrogen (secondary N) is 1. The van der Waals surface area contributed by atoms with E-state index in [-0.39, 0.29) is 16.8 Å². The first-order valence-corrected chi connectivity index (χ1v) is 9.54. The van der Waals surface area contributed by atoms with E-state index >= 15 is 0 Å². The van der Waals surface area contributed by atoms with E-state index in [1.54, 1.807) is 4.57 Å². The van der Waals surface area contributed by atoms with E-state index in [9.17, 15) is 13.2 Å². The lowest BCUT2D eigenvalue weighted by molar-refractivity contribution is 0.0936. The Morgan fingerprint density at radius 1 is 1.43 bits per heavy atom. The molecule has 0 bridgehead atoms. The van der Waals surface area contributed by atoms with Gasteiger partial charge in [0.25, 0.3) is 15.0 Å². The molecule has 0 atom stereocenters. The van der Waals surface area contributed by atoms with Gasteiger partial charge in [0.1, 0.15) is 10.6 Å². The monoisotopic (exact) mass is 332 g/mol. The Hall–Kier alpha value is -1.01. The molecule has 2 rings (SSSR count). The SMILES string of the molecule is CC(C)n1cc(S(=O)(=O)Cl)cc1C(=O)NCC1CCCC1. The van der Waals surface area contributed by atoms with E-state index in [1.165, 1.54) is 25.1 Å². The maximum absolute atomic E-state index is 12.3. The molecule has 1 amide bonds. The third-order valence-corrected chi connectivity index (χ3v) is 5.24. The van der Waals surface area contributed by atoms with Crippen LogP contribution in [0.15, 0.2) is 17.2 Å². The Morgan fingerprint density at radius 3 is 2.57 bits per heavy atom. The number of rotatable bonds is 5. The van der Waals surface area contributed by atoms with E-state index in [0.29, 0.717) is 18.2 Å². The number of nitrogens with zero attached hydrogens (tertiary/aromatic N) is 1. The number of halogens is 1. The predicted molar refractivity (Wildman–Crippen MR) is 82.1 cm³/mol. The minimum atomic E-state index is -3.83. The van der Waals surface area contributed by atoms with Gasteiger partial charge in [0.2, 0.25) is 0 Å². The van der Waals surface area contributed by atoms with Crippen LogP contribution in [0.3, 0.4) is 0 Å². The molecular formula is C14H21ClN2O3S. The highest BCUT2D eigenvalue weighted by Crippen LogP contribution is 2.25. The lowest BCUT2D eigenvalue weighted by Gasteiger charge is -2.14. The summed E-state index contributed by atoms with van der Waals surface area (Å²) in [5.41, 5.74) is 0.335. The van der Waals surface area contributed by atoms with E-state index in [2.05, 4.69) is 5.32 Å². The molecule has 0 unspecified atom stereocenters. The summed E-state index contributed by atoms with van der Waals surface area (Å²) in [5, 5.41) is 2.90. The van der Waals surface area contributed by atoms with Gasteiger partial charge in [0.15, 0.2) is 0 Å². The molecule has 0 aromatic carbocycles. The molecule has 1 N–H and O–H groups in total. The summed E-state index contributed by atoms with van der Waals surface area (Å²) >= 11 is 0. The minimum absolute atomic E-state index is 0.0237. The standard InChI is InChI=1S/C14H21ClN2O3S/c1-10(2)17-9-12(21(15,19)20)7-13(17)14(18)16-8-11-5-3-4-6-11/h7,9-11H,3-6,8H2,1-2H3,(H,16,18). The number of hydrogen-bond donors (Lipinski definition) is 1. The summed E-state index contributed by atoms with van der Waals surface area (Å²) in [6, 6.07) is 1.32. The van der Waals surface area contributed by atoms with Crippen LogP contribution in [0.1, 0.15) is 56.1 Å². The molecular weight excluding hydrogens is 312 g/mol. The summed E-state index contributed by atoms with van der Waals surface area (Å²) in [6.45, 7) is 4.42. The van der Waals surface area contributed by atoms with E-state index in [4.69, 9.17) is 10.7 Å². The molecule has 1 aliphatic rings. The van der Waals surface area contributed by atoms with Gasteiger partial charge in [-0.3, -0.25) is 4.79 Å². The van der Waals surface area contributed by atoms with Crippen LogP contribution in [0.2, 0.25) is 0 Å². The Kier molecular flexibility index (Phi) is 4.99. The molecule has 7 heteroatoms. The van der Waals surface area contributed by atoms with Crippen LogP contribution in [-0.2, 0) is 9.05 Å². The molecule has 5 nitrogen and oxygen atoms in total. The van der Waals surface area contributed by atoms with Gasteiger partial charge < -0.3 is 9.88 Å². The minimum Gasteiger partial charge on any atom is -0.350 e. The van der Waals surface area contributed by atoms with Crippen molar-refractivity contribution in [2.24, 2.45) is 5.92 Å². The van der Waals surface area contributed by atoms with Crippen LogP contribution in [0.5, 0.6) is 0 Å². The molecule has 1 aromatic rings. The first kappa shape index (κ1) is 16.4. The normalized spacial score (nSPS) is 16.6. The average Bonchev–Trinajstić information content (AvgIpc) is 3.04. The molecule has 1 saturated carbocycles. The van der Waals surface area contributed by atoms with Gasteiger partial charge >= 0.3 is 0 Å². The van der Waals surface area contributed by atoms with E-state index in [1.807, 2.05) is 13.8 Å². The summed E-state index contributed by atoms with van der Waals surface area (Å²) in [4.78, 5) is 12.3. The Balaban J connectivity index is 2.16. The highest BCUT2D eigenvalue weighted by molar-refractivity contribution is 8.13. The molecule has 1 heterocycles. The van der Waals surface area contributed by atoms with E-state index < -0.39 is 9.05 Å². The van der Waals surface area contributed by atoms with Crippen molar-refractivity contribution in [3.8, 4) is 0 Å². The first-order chi connectivity index (χ1) is 9.79. The van der Waals surface area contributed by atoms with Crippen molar-refractivity contribution in [1.29, 1.82) is 0 Å². The lowest BCUT2D eigenvalue weighted by Crippen LogP contribution is -2.30. The smallest absolute Gasteiger partial charge is 0.267 e. The first-order valence-electron chi connectivity index (χ1n) is 7.23. The molecule has 21 heavy (non-hydrogen) atoms. The van der Waals surface area contributed by atoms with Gasteiger partial charge in [-0.05, 0) is 38.7 Å². The van der Waals surface area contributed by atoms with Crippen LogP contribution < -0.4 is 5.32 Å². The highest BCUT2D eigenvalue weighted by atomic mass is 35.7. The zero-order valence-electron chi connectivity index (χ0n) is 12.3. The van der Waals surface area contributed by atoms with Crippen molar-refractivity contribution < 1.29 is 13.2 Å². The quantitative estimate of drug-likeness (QED) is 0.843. The predicted octanol–water partition coefficient (Wildman–Crippen LogP) is 2.92.